The monoisotopic (exact) mass is 296 g/mol. The van der Waals surface area contributed by atoms with E-state index in [4.69, 9.17) is 14.9 Å². The molecule has 0 unspecified atom stereocenters. The Balaban J connectivity index is 2.08. The summed E-state index contributed by atoms with van der Waals surface area (Å²) >= 11 is 0. The van der Waals surface area contributed by atoms with Gasteiger partial charge in [-0.15, -0.1) is 0 Å². The van der Waals surface area contributed by atoms with Crippen LogP contribution in [0.25, 0.3) is 0 Å². The third kappa shape index (κ3) is 3.38. The summed E-state index contributed by atoms with van der Waals surface area (Å²) in [6.07, 6.45) is 0. The minimum Gasteiger partial charge on any atom is -0.497 e. The van der Waals surface area contributed by atoms with Crippen LogP contribution in [0.4, 0.5) is 0 Å². The van der Waals surface area contributed by atoms with Crippen LogP contribution >= 0.6 is 0 Å². The molecule has 0 fully saturated rings. The van der Waals surface area contributed by atoms with Crippen LogP contribution < -0.4 is 15.2 Å². The third-order valence-corrected chi connectivity index (χ3v) is 3.98. The highest BCUT2D eigenvalue weighted by Crippen LogP contribution is 2.15. The van der Waals surface area contributed by atoms with Gasteiger partial charge in [-0.1, -0.05) is 12.1 Å². The van der Waals surface area contributed by atoms with Crippen LogP contribution in [0.1, 0.15) is 11.3 Å². The molecule has 0 aliphatic rings. The van der Waals surface area contributed by atoms with Crippen molar-refractivity contribution in [2.75, 3.05) is 7.11 Å². The van der Waals surface area contributed by atoms with Crippen molar-refractivity contribution in [1.29, 1.82) is 0 Å². The van der Waals surface area contributed by atoms with Crippen molar-refractivity contribution in [3.8, 4) is 5.75 Å². The number of hydrogen-bond donors (Lipinski definition) is 2. The van der Waals surface area contributed by atoms with E-state index in [0.29, 0.717) is 11.5 Å². The van der Waals surface area contributed by atoms with Gasteiger partial charge in [0.05, 0.1) is 13.7 Å². The zero-order chi connectivity index (χ0) is 14.6. The maximum atomic E-state index is 12.0. The lowest BCUT2D eigenvalue weighted by Gasteiger charge is -2.06. The Labute approximate surface area is 117 Å². The second-order valence-corrected chi connectivity index (χ2v) is 5.80. The summed E-state index contributed by atoms with van der Waals surface area (Å²) in [4.78, 5) is 0. The maximum absolute atomic E-state index is 12.0. The third-order valence-electron chi connectivity index (χ3n) is 2.70. The second kappa shape index (κ2) is 6.08. The van der Waals surface area contributed by atoms with Gasteiger partial charge in [0.2, 0.25) is 5.09 Å². The molecule has 20 heavy (non-hydrogen) atoms. The summed E-state index contributed by atoms with van der Waals surface area (Å²) in [5, 5.41) is -0.138. The minimum atomic E-state index is -3.68. The smallest absolute Gasteiger partial charge is 0.274 e. The van der Waals surface area contributed by atoms with Crippen LogP contribution in [0.15, 0.2) is 45.9 Å². The Morgan fingerprint density at radius 3 is 2.75 bits per heavy atom. The molecule has 1 heterocycles. The van der Waals surface area contributed by atoms with Gasteiger partial charge in [0, 0.05) is 6.54 Å². The molecule has 108 valence electrons. The molecule has 2 rings (SSSR count). The van der Waals surface area contributed by atoms with Crippen molar-refractivity contribution in [2.45, 2.75) is 18.2 Å². The van der Waals surface area contributed by atoms with E-state index in [1.54, 1.807) is 37.4 Å². The van der Waals surface area contributed by atoms with Crippen molar-refractivity contribution >= 4 is 10.0 Å². The predicted molar refractivity (Wildman–Crippen MR) is 73.6 cm³/mol. The summed E-state index contributed by atoms with van der Waals surface area (Å²) in [6.45, 7) is 0.309. The van der Waals surface area contributed by atoms with Crippen molar-refractivity contribution in [1.82, 2.24) is 4.72 Å². The molecular formula is C13H16N2O4S. The van der Waals surface area contributed by atoms with E-state index in [9.17, 15) is 8.42 Å². The first-order valence-corrected chi connectivity index (χ1v) is 7.45. The van der Waals surface area contributed by atoms with Crippen molar-refractivity contribution in [3.05, 3.63) is 47.7 Å². The van der Waals surface area contributed by atoms with Crippen LogP contribution in [-0.4, -0.2) is 15.5 Å². The van der Waals surface area contributed by atoms with Crippen LogP contribution in [-0.2, 0) is 23.1 Å². The van der Waals surface area contributed by atoms with Gasteiger partial charge in [-0.05, 0) is 29.8 Å². The fraction of sp³-hybridized carbons (Fsp3) is 0.231. The van der Waals surface area contributed by atoms with Gasteiger partial charge in [0.1, 0.15) is 11.5 Å². The first-order chi connectivity index (χ1) is 9.55. The maximum Gasteiger partial charge on any atom is 0.274 e. The van der Waals surface area contributed by atoms with E-state index in [0.717, 1.165) is 5.56 Å². The summed E-state index contributed by atoms with van der Waals surface area (Å²) in [5.74, 6) is 1.09. The summed E-state index contributed by atoms with van der Waals surface area (Å²) in [7, 11) is -2.12. The van der Waals surface area contributed by atoms with Crippen LogP contribution in [0.5, 0.6) is 5.75 Å². The summed E-state index contributed by atoms with van der Waals surface area (Å²) in [6, 6.07) is 10.1. The Morgan fingerprint density at radius 1 is 1.30 bits per heavy atom. The lowest BCUT2D eigenvalue weighted by Crippen LogP contribution is -2.22. The van der Waals surface area contributed by atoms with Crippen LogP contribution in [0, 0.1) is 0 Å². The number of rotatable bonds is 6. The molecule has 0 saturated carbocycles. The first-order valence-electron chi connectivity index (χ1n) is 5.96. The molecular weight excluding hydrogens is 280 g/mol. The molecule has 3 N–H and O–H groups in total. The van der Waals surface area contributed by atoms with E-state index in [2.05, 4.69) is 4.72 Å². The standard InChI is InChI=1S/C13H16N2O4S/c1-18-11-4-2-3-10(7-11)9-15-20(16,17)13-6-5-12(8-14)19-13/h2-7,15H,8-9,14H2,1H3. The number of benzene rings is 1. The lowest BCUT2D eigenvalue weighted by atomic mass is 10.2. The number of nitrogens with one attached hydrogen (secondary N) is 1. The van der Waals surface area contributed by atoms with Crippen molar-refractivity contribution < 1.29 is 17.6 Å². The molecule has 0 bridgehead atoms. The Morgan fingerprint density at radius 2 is 2.10 bits per heavy atom. The molecule has 0 radical (unpaired) electrons. The Hall–Kier alpha value is -1.83. The molecule has 6 nitrogen and oxygen atoms in total. The van der Waals surface area contributed by atoms with E-state index in [1.165, 1.54) is 6.07 Å². The van der Waals surface area contributed by atoms with Crippen LogP contribution in [0.3, 0.4) is 0 Å². The van der Waals surface area contributed by atoms with Gasteiger partial charge in [-0.25, -0.2) is 13.1 Å². The van der Waals surface area contributed by atoms with Gasteiger partial charge in [0.25, 0.3) is 10.0 Å². The quantitative estimate of drug-likeness (QED) is 0.836. The SMILES string of the molecule is COc1cccc(CNS(=O)(=O)c2ccc(CN)o2)c1. The number of furan rings is 1. The molecule has 1 aromatic heterocycles. The summed E-state index contributed by atoms with van der Waals surface area (Å²) < 4.78 is 36.7. The highest BCUT2D eigenvalue weighted by Gasteiger charge is 2.18. The molecule has 0 atom stereocenters. The normalized spacial score (nSPS) is 11.5. The number of methoxy groups -OCH3 is 1. The molecule has 7 heteroatoms. The molecule has 0 aliphatic carbocycles. The van der Waals surface area contributed by atoms with Gasteiger partial charge >= 0.3 is 0 Å². The molecule has 0 amide bonds. The van der Waals surface area contributed by atoms with E-state index < -0.39 is 10.0 Å². The van der Waals surface area contributed by atoms with E-state index >= 15 is 0 Å². The first kappa shape index (κ1) is 14.6. The van der Waals surface area contributed by atoms with E-state index in [1.807, 2.05) is 0 Å². The largest absolute Gasteiger partial charge is 0.497 e. The predicted octanol–water partition coefficient (Wildman–Crippen LogP) is 1.23. The zero-order valence-corrected chi connectivity index (χ0v) is 11.8. The Bertz CT molecular complexity index is 679. The highest BCUT2D eigenvalue weighted by molar-refractivity contribution is 7.89. The zero-order valence-electron chi connectivity index (χ0n) is 11.0. The number of nitrogens with two attached hydrogens (primary N) is 1. The van der Waals surface area contributed by atoms with Crippen LogP contribution in [0.2, 0.25) is 0 Å². The van der Waals surface area contributed by atoms with Gasteiger partial charge in [-0.3, -0.25) is 0 Å². The summed E-state index contributed by atoms with van der Waals surface area (Å²) in [5.41, 5.74) is 6.17. The average molecular weight is 296 g/mol. The molecule has 2 aromatic rings. The van der Waals surface area contributed by atoms with E-state index in [-0.39, 0.29) is 18.2 Å². The topological polar surface area (TPSA) is 94.6 Å². The number of hydrogen-bond acceptors (Lipinski definition) is 5. The average Bonchev–Trinajstić information content (AvgIpc) is 2.95. The van der Waals surface area contributed by atoms with Crippen molar-refractivity contribution in [3.63, 3.8) is 0 Å². The highest BCUT2D eigenvalue weighted by atomic mass is 32.2. The molecule has 0 aliphatic heterocycles. The number of ether oxygens (including phenoxy) is 1. The minimum absolute atomic E-state index is 0.138. The number of sulfonamides is 1. The Kier molecular flexibility index (Phi) is 4.43. The van der Waals surface area contributed by atoms with Gasteiger partial charge < -0.3 is 14.9 Å². The lowest BCUT2D eigenvalue weighted by molar-refractivity contribution is 0.412. The van der Waals surface area contributed by atoms with Gasteiger partial charge in [-0.2, -0.15) is 0 Å². The fourth-order valence-corrected chi connectivity index (χ4v) is 2.61. The molecule has 0 saturated heterocycles. The second-order valence-electron chi connectivity index (χ2n) is 4.10. The fourth-order valence-electron chi connectivity index (χ4n) is 1.64. The molecule has 0 spiro atoms. The van der Waals surface area contributed by atoms with Crippen molar-refractivity contribution in [2.24, 2.45) is 5.73 Å². The molecule has 1 aromatic carbocycles. The van der Waals surface area contributed by atoms with Gasteiger partial charge in [0.15, 0.2) is 0 Å².